The molecular formula is C19H28N2O4. The average molecular weight is 348 g/mol. The van der Waals surface area contributed by atoms with Gasteiger partial charge in [0.15, 0.2) is 6.10 Å². The Labute approximate surface area is 149 Å². The van der Waals surface area contributed by atoms with Gasteiger partial charge < -0.3 is 19.7 Å². The number of hydrogen-bond donors (Lipinski definition) is 1. The molecule has 25 heavy (non-hydrogen) atoms. The van der Waals surface area contributed by atoms with E-state index >= 15 is 0 Å². The van der Waals surface area contributed by atoms with E-state index in [-0.39, 0.29) is 11.8 Å². The number of carbonyl (C=O) groups excluding carboxylic acids is 2. The van der Waals surface area contributed by atoms with Crippen molar-refractivity contribution in [3.63, 3.8) is 0 Å². The molecule has 1 aromatic carbocycles. The van der Waals surface area contributed by atoms with Crippen LogP contribution in [0.1, 0.15) is 38.9 Å². The SMILES string of the molecule is COC(C(=O)N1CCC(CNC(=O)OC(C)(C)C)C1)c1ccccc1. The molecule has 1 saturated heterocycles. The van der Waals surface area contributed by atoms with Crippen LogP contribution in [-0.4, -0.2) is 49.2 Å². The fraction of sp³-hybridized carbons (Fsp3) is 0.579. The predicted molar refractivity (Wildman–Crippen MR) is 95.1 cm³/mol. The van der Waals surface area contributed by atoms with Gasteiger partial charge in [-0.2, -0.15) is 0 Å². The van der Waals surface area contributed by atoms with Gasteiger partial charge in [-0.05, 0) is 38.7 Å². The maximum Gasteiger partial charge on any atom is 0.407 e. The lowest BCUT2D eigenvalue weighted by Crippen LogP contribution is -2.37. The summed E-state index contributed by atoms with van der Waals surface area (Å²) >= 11 is 0. The van der Waals surface area contributed by atoms with Gasteiger partial charge in [0, 0.05) is 26.7 Å². The molecule has 1 aliphatic rings. The van der Waals surface area contributed by atoms with Crippen LogP contribution in [0.15, 0.2) is 30.3 Å². The third-order valence-electron chi connectivity index (χ3n) is 4.09. The number of benzene rings is 1. The minimum Gasteiger partial charge on any atom is -0.444 e. The molecule has 0 spiro atoms. The van der Waals surface area contributed by atoms with Gasteiger partial charge in [0.1, 0.15) is 5.60 Å². The largest absolute Gasteiger partial charge is 0.444 e. The molecule has 0 saturated carbocycles. The Morgan fingerprint density at radius 2 is 1.96 bits per heavy atom. The van der Waals surface area contributed by atoms with Gasteiger partial charge >= 0.3 is 6.09 Å². The highest BCUT2D eigenvalue weighted by molar-refractivity contribution is 5.82. The number of ether oxygens (including phenoxy) is 2. The Bertz CT molecular complexity index is 583. The number of methoxy groups -OCH3 is 1. The van der Waals surface area contributed by atoms with Crippen molar-refractivity contribution in [2.45, 2.75) is 38.9 Å². The van der Waals surface area contributed by atoms with Gasteiger partial charge in [0.25, 0.3) is 5.91 Å². The third-order valence-corrected chi connectivity index (χ3v) is 4.09. The van der Waals surface area contributed by atoms with E-state index in [4.69, 9.17) is 9.47 Å². The Kier molecular flexibility index (Phi) is 6.42. The molecule has 1 aliphatic heterocycles. The minimum atomic E-state index is -0.584. The lowest BCUT2D eigenvalue weighted by molar-refractivity contribution is -0.141. The molecule has 1 fully saturated rings. The van der Waals surface area contributed by atoms with Crippen molar-refractivity contribution < 1.29 is 19.1 Å². The number of nitrogens with zero attached hydrogens (tertiary/aromatic N) is 1. The molecule has 0 aromatic heterocycles. The van der Waals surface area contributed by atoms with Crippen LogP contribution in [0.25, 0.3) is 0 Å². The standard InChI is InChI=1S/C19H28N2O4/c1-19(2,3)25-18(23)20-12-14-10-11-21(13-14)17(22)16(24-4)15-8-6-5-7-9-15/h5-9,14,16H,10-13H2,1-4H3,(H,20,23). The number of carbonyl (C=O) groups is 2. The highest BCUT2D eigenvalue weighted by Crippen LogP contribution is 2.24. The first-order valence-corrected chi connectivity index (χ1v) is 8.63. The number of likely N-dealkylation sites (tertiary alicyclic amines) is 1. The van der Waals surface area contributed by atoms with Crippen LogP contribution in [0.5, 0.6) is 0 Å². The molecule has 2 atom stereocenters. The lowest BCUT2D eigenvalue weighted by Gasteiger charge is -2.23. The van der Waals surface area contributed by atoms with E-state index in [1.165, 1.54) is 0 Å². The van der Waals surface area contributed by atoms with E-state index < -0.39 is 17.8 Å². The van der Waals surface area contributed by atoms with Crippen molar-refractivity contribution in [2.24, 2.45) is 5.92 Å². The average Bonchev–Trinajstić information content (AvgIpc) is 3.02. The van der Waals surface area contributed by atoms with Gasteiger partial charge in [-0.25, -0.2) is 4.79 Å². The van der Waals surface area contributed by atoms with Crippen molar-refractivity contribution in [2.75, 3.05) is 26.7 Å². The van der Waals surface area contributed by atoms with Crippen LogP contribution < -0.4 is 5.32 Å². The van der Waals surface area contributed by atoms with Crippen molar-refractivity contribution in [1.29, 1.82) is 0 Å². The van der Waals surface area contributed by atoms with E-state index in [9.17, 15) is 9.59 Å². The topological polar surface area (TPSA) is 67.9 Å². The molecule has 138 valence electrons. The van der Waals surface area contributed by atoms with Gasteiger partial charge in [0.2, 0.25) is 0 Å². The Hall–Kier alpha value is -2.08. The fourth-order valence-corrected chi connectivity index (χ4v) is 2.91. The highest BCUT2D eigenvalue weighted by Gasteiger charge is 2.32. The second kappa shape index (κ2) is 8.34. The maximum atomic E-state index is 12.7. The van der Waals surface area contributed by atoms with Crippen LogP contribution in [0.4, 0.5) is 4.79 Å². The summed E-state index contributed by atoms with van der Waals surface area (Å²) in [4.78, 5) is 26.3. The number of amides is 2. The molecule has 2 unspecified atom stereocenters. The van der Waals surface area contributed by atoms with Gasteiger partial charge in [0.05, 0.1) is 0 Å². The van der Waals surface area contributed by atoms with Gasteiger partial charge in [-0.3, -0.25) is 4.79 Å². The second-order valence-corrected chi connectivity index (χ2v) is 7.35. The monoisotopic (exact) mass is 348 g/mol. The maximum absolute atomic E-state index is 12.7. The van der Waals surface area contributed by atoms with Crippen LogP contribution in [0, 0.1) is 5.92 Å². The summed E-state index contributed by atoms with van der Waals surface area (Å²) in [7, 11) is 1.55. The number of nitrogens with one attached hydrogen (secondary N) is 1. The molecule has 1 N–H and O–H groups in total. The molecular weight excluding hydrogens is 320 g/mol. The first-order valence-electron chi connectivity index (χ1n) is 8.63. The summed E-state index contributed by atoms with van der Waals surface area (Å²) < 4.78 is 10.7. The molecule has 0 bridgehead atoms. The van der Waals surface area contributed by atoms with Crippen molar-refractivity contribution >= 4 is 12.0 Å². The Morgan fingerprint density at radius 3 is 2.56 bits per heavy atom. The van der Waals surface area contributed by atoms with E-state index in [0.29, 0.717) is 19.6 Å². The Morgan fingerprint density at radius 1 is 1.28 bits per heavy atom. The molecule has 6 heteroatoms. The van der Waals surface area contributed by atoms with Crippen LogP contribution in [0.3, 0.4) is 0 Å². The van der Waals surface area contributed by atoms with Crippen LogP contribution in [-0.2, 0) is 14.3 Å². The van der Waals surface area contributed by atoms with Gasteiger partial charge in [-0.15, -0.1) is 0 Å². The molecule has 0 radical (unpaired) electrons. The lowest BCUT2D eigenvalue weighted by atomic mass is 10.1. The summed E-state index contributed by atoms with van der Waals surface area (Å²) in [6.45, 7) is 7.28. The first-order chi connectivity index (χ1) is 11.8. The van der Waals surface area contributed by atoms with E-state index in [1.807, 2.05) is 56.0 Å². The summed E-state index contributed by atoms with van der Waals surface area (Å²) in [5.74, 6) is 0.193. The van der Waals surface area contributed by atoms with Gasteiger partial charge in [-0.1, -0.05) is 30.3 Å². The molecule has 0 aliphatic carbocycles. The highest BCUT2D eigenvalue weighted by atomic mass is 16.6. The molecule has 1 aromatic rings. The van der Waals surface area contributed by atoms with Crippen LogP contribution >= 0.6 is 0 Å². The number of rotatable bonds is 5. The molecule has 2 amide bonds. The Balaban J connectivity index is 1.85. The normalized spacial score (nSPS) is 18.7. The fourth-order valence-electron chi connectivity index (χ4n) is 2.91. The van der Waals surface area contributed by atoms with E-state index in [0.717, 1.165) is 12.0 Å². The van der Waals surface area contributed by atoms with Crippen molar-refractivity contribution in [1.82, 2.24) is 10.2 Å². The summed E-state index contributed by atoms with van der Waals surface area (Å²) in [6.07, 6.45) is -0.151. The third kappa shape index (κ3) is 5.74. The smallest absolute Gasteiger partial charge is 0.407 e. The molecule has 2 rings (SSSR count). The summed E-state index contributed by atoms with van der Waals surface area (Å²) in [5.41, 5.74) is 0.341. The summed E-state index contributed by atoms with van der Waals surface area (Å²) in [6, 6.07) is 9.49. The van der Waals surface area contributed by atoms with E-state index in [2.05, 4.69) is 5.32 Å². The summed E-state index contributed by atoms with van der Waals surface area (Å²) in [5, 5.41) is 2.79. The number of hydrogen-bond acceptors (Lipinski definition) is 4. The van der Waals surface area contributed by atoms with E-state index in [1.54, 1.807) is 7.11 Å². The molecule has 1 heterocycles. The predicted octanol–water partition coefficient (Wildman–Crippen LogP) is 2.75. The molecule has 6 nitrogen and oxygen atoms in total. The van der Waals surface area contributed by atoms with Crippen molar-refractivity contribution in [3.8, 4) is 0 Å². The first kappa shape index (κ1) is 19.2. The zero-order chi connectivity index (χ0) is 18.4. The number of alkyl carbamates (subject to hydrolysis) is 1. The second-order valence-electron chi connectivity index (χ2n) is 7.35. The zero-order valence-electron chi connectivity index (χ0n) is 15.5. The van der Waals surface area contributed by atoms with Crippen molar-refractivity contribution in [3.05, 3.63) is 35.9 Å². The quantitative estimate of drug-likeness (QED) is 0.888. The van der Waals surface area contributed by atoms with Crippen LogP contribution in [0.2, 0.25) is 0 Å². The minimum absolute atomic E-state index is 0.0338. The zero-order valence-corrected chi connectivity index (χ0v) is 15.5.